The highest BCUT2D eigenvalue weighted by atomic mass is 15.2. The van der Waals surface area contributed by atoms with Crippen LogP contribution in [0.2, 0.25) is 0 Å². The standard InChI is InChI=1S/C23H21N5/c1-16-5-4-6-17(9-16)12-28-13-20-22(14-28)25-15-26-23(20)27-19-10-18-7-2-3-8-21(18)24-11-19/h2-11,15H,12-14H2,1H3,(H,25,26,27). The number of aryl methyl sites for hydroxylation is 1. The lowest BCUT2D eigenvalue weighted by Gasteiger charge is -2.15. The van der Waals surface area contributed by atoms with Gasteiger partial charge in [0.05, 0.1) is 23.1 Å². The molecule has 138 valence electrons. The van der Waals surface area contributed by atoms with Crippen molar-refractivity contribution in [2.75, 3.05) is 5.32 Å². The van der Waals surface area contributed by atoms with Gasteiger partial charge in [0.25, 0.3) is 0 Å². The summed E-state index contributed by atoms with van der Waals surface area (Å²) in [4.78, 5) is 16.0. The molecule has 5 heteroatoms. The van der Waals surface area contributed by atoms with E-state index in [1.165, 1.54) is 16.7 Å². The lowest BCUT2D eigenvalue weighted by atomic mass is 10.1. The van der Waals surface area contributed by atoms with Crippen molar-refractivity contribution in [1.29, 1.82) is 0 Å². The minimum Gasteiger partial charge on any atom is -0.339 e. The monoisotopic (exact) mass is 367 g/mol. The average Bonchev–Trinajstić information content (AvgIpc) is 3.11. The van der Waals surface area contributed by atoms with E-state index in [9.17, 15) is 0 Å². The molecular weight excluding hydrogens is 346 g/mol. The van der Waals surface area contributed by atoms with Gasteiger partial charge in [-0.1, -0.05) is 48.0 Å². The number of hydrogen-bond donors (Lipinski definition) is 1. The van der Waals surface area contributed by atoms with E-state index in [4.69, 9.17) is 0 Å². The molecule has 1 aliphatic rings. The van der Waals surface area contributed by atoms with E-state index < -0.39 is 0 Å². The van der Waals surface area contributed by atoms with E-state index in [-0.39, 0.29) is 0 Å². The van der Waals surface area contributed by atoms with Crippen LogP contribution in [0.1, 0.15) is 22.4 Å². The molecule has 5 nitrogen and oxygen atoms in total. The third kappa shape index (κ3) is 3.32. The maximum atomic E-state index is 4.53. The highest BCUT2D eigenvalue weighted by Gasteiger charge is 2.24. The van der Waals surface area contributed by atoms with Crippen molar-refractivity contribution in [2.45, 2.75) is 26.6 Å². The topological polar surface area (TPSA) is 53.9 Å². The summed E-state index contributed by atoms with van der Waals surface area (Å²) < 4.78 is 0. The minimum absolute atomic E-state index is 0.841. The molecule has 5 rings (SSSR count). The molecule has 1 N–H and O–H groups in total. The van der Waals surface area contributed by atoms with Gasteiger partial charge < -0.3 is 5.32 Å². The number of rotatable bonds is 4. The van der Waals surface area contributed by atoms with Crippen molar-refractivity contribution >= 4 is 22.4 Å². The Morgan fingerprint density at radius 1 is 0.964 bits per heavy atom. The Morgan fingerprint density at radius 2 is 1.89 bits per heavy atom. The fourth-order valence-corrected chi connectivity index (χ4v) is 3.81. The Morgan fingerprint density at radius 3 is 2.82 bits per heavy atom. The molecule has 4 aromatic rings. The van der Waals surface area contributed by atoms with Crippen molar-refractivity contribution in [1.82, 2.24) is 19.9 Å². The largest absolute Gasteiger partial charge is 0.339 e. The zero-order valence-corrected chi connectivity index (χ0v) is 15.8. The second-order valence-corrected chi connectivity index (χ2v) is 7.32. The molecule has 0 atom stereocenters. The summed E-state index contributed by atoms with van der Waals surface area (Å²) in [5, 5.41) is 4.56. The van der Waals surface area contributed by atoms with Crippen LogP contribution in [-0.4, -0.2) is 19.9 Å². The summed E-state index contributed by atoms with van der Waals surface area (Å²) >= 11 is 0. The highest BCUT2D eigenvalue weighted by molar-refractivity contribution is 5.82. The zero-order valence-electron chi connectivity index (χ0n) is 15.8. The first-order valence-electron chi connectivity index (χ1n) is 9.47. The second kappa shape index (κ2) is 7.02. The predicted octanol–water partition coefficient (Wildman–Crippen LogP) is 4.59. The highest BCUT2D eigenvalue weighted by Crippen LogP contribution is 2.29. The number of nitrogens with one attached hydrogen (secondary N) is 1. The smallest absolute Gasteiger partial charge is 0.138 e. The second-order valence-electron chi connectivity index (χ2n) is 7.32. The molecule has 1 aliphatic heterocycles. The van der Waals surface area contributed by atoms with Gasteiger partial charge >= 0.3 is 0 Å². The van der Waals surface area contributed by atoms with Gasteiger partial charge in [0.2, 0.25) is 0 Å². The number of para-hydroxylation sites is 1. The van der Waals surface area contributed by atoms with Crippen LogP contribution in [0, 0.1) is 6.92 Å². The van der Waals surface area contributed by atoms with Crippen LogP contribution >= 0.6 is 0 Å². The number of pyridine rings is 1. The molecule has 0 unspecified atom stereocenters. The number of benzene rings is 2. The van der Waals surface area contributed by atoms with Gasteiger partial charge in [0.15, 0.2) is 0 Å². The molecule has 0 fully saturated rings. The number of hydrogen-bond acceptors (Lipinski definition) is 5. The van der Waals surface area contributed by atoms with Gasteiger partial charge in [-0.3, -0.25) is 9.88 Å². The average molecular weight is 367 g/mol. The van der Waals surface area contributed by atoms with Crippen molar-refractivity contribution in [2.24, 2.45) is 0 Å². The lowest BCUT2D eigenvalue weighted by Crippen LogP contribution is -2.15. The molecule has 0 saturated carbocycles. The third-order valence-corrected chi connectivity index (χ3v) is 5.13. The molecular formula is C23H21N5. The molecule has 0 aliphatic carbocycles. The van der Waals surface area contributed by atoms with E-state index in [2.05, 4.69) is 68.5 Å². The summed E-state index contributed by atoms with van der Waals surface area (Å²) in [6, 6.07) is 18.9. The number of aromatic nitrogens is 3. The van der Waals surface area contributed by atoms with Crippen LogP contribution in [0.25, 0.3) is 10.9 Å². The quantitative estimate of drug-likeness (QED) is 0.572. The Labute approximate surface area is 164 Å². The van der Waals surface area contributed by atoms with Crippen LogP contribution in [0.5, 0.6) is 0 Å². The summed E-state index contributed by atoms with van der Waals surface area (Å²) in [5.41, 5.74) is 6.82. The number of fused-ring (bicyclic) bond motifs is 2. The molecule has 0 radical (unpaired) electrons. The van der Waals surface area contributed by atoms with Gasteiger partial charge in [-0.15, -0.1) is 0 Å². The van der Waals surface area contributed by atoms with Gasteiger partial charge in [-0.25, -0.2) is 9.97 Å². The maximum absolute atomic E-state index is 4.53. The van der Waals surface area contributed by atoms with Crippen LogP contribution in [0.15, 0.2) is 67.1 Å². The number of anilines is 2. The van der Waals surface area contributed by atoms with E-state index in [1.807, 2.05) is 24.4 Å². The molecule has 2 aromatic carbocycles. The van der Waals surface area contributed by atoms with Gasteiger partial charge in [-0.2, -0.15) is 0 Å². The SMILES string of the molecule is Cc1cccc(CN2Cc3ncnc(Nc4cnc5ccccc5c4)c3C2)c1. The van der Waals surface area contributed by atoms with Crippen molar-refractivity contribution in [3.63, 3.8) is 0 Å². The molecule has 2 aromatic heterocycles. The van der Waals surface area contributed by atoms with Crippen LogP contribution in [0.3, 0.4) is 0 Å². The van der Waals surface area contributed by atoms with Crippen LogP contribution < -0.4 is 5.32 Å². The first kappa shape index (κ1) is 16.8. The Balaban J connectivity index is 1.38. The van der Waals surface area contributed by atoms with E-state index in [0.717, 1.165) is 47.7 Å². The van der Waals surface area contributed by atoms with Gasteiger partial charge in [0, 0.05) is 30.6 Å². The fourth-order valence-electron chi connectivity index (χ4n) is 3.81. The van der Waals surface area contributed by atoms with Crippen LogP contribution in [0.4, 0.5) is 11.5 Å². The molecule has 0 amide bonds. The zero-order chi connectivity index (χ0) is 18.9. The predicted molar refractivity (Wildman–Crippen MR) is 111 cm³/mol. The maximum Gasteiger partial charge on any atom is 0.138 e. The van der Waals surface area contributed by atoms with E-state index in [1.54, 1.807) is 6.33 Å². The third-order valence-electron chi connectivity index (χ3n) is 5.13. The molecule has 28 heavy (non-hydrogen) atoms. The van der Waals surface area contributed by atoms with Crippen molar-refractivity contribution in [3.05, 3.63) is 89.5 Å². The van der Waals surface area contributed by atoms with E-state index >= 15 is 0 Å². The Bertz CT molecular complexity index is 1150. The molecule has 0 spiro atoms. The lowest BCUT2D eigenvalue weighted by molar-refractivity contribution is 0.274. The Kier molecular flexibility index (Phi) is 4.22. The number of nitrogens with zero attached hydrogens (tertiary/aromatic N) is 4. The van der Waals surface area contributed by atoms with Gasteiger partial charge in [-0.05, 0) is 24.6 Å². The van der Waals surface area contributed by atoms with Crippen molar-refractivity contribution < 1.29 is 0 Å². The summed E-state index contributed by atoms with van der Waals surface area (Å²) in [6.07, 6.45) is 3.50. The normalized spacial score (nSPS) is 13.6. The molecule has 0 bridgehead atoms. The fraction of sp³-hybridized carbons (Fsp3) is 0.174. The minimum atomic E-state index is 0.841. The van der Waals surface area contributed by atoms with Crippen molar-refractivity contribution in [3.8, 4) is 0 Å². The molecule has 3 heterocycles. The summed E-state index contributed by atoms with van der Waals surface area (Å²) in [6.45, 7) is 4.73. The summed E-state index contributed by atoms with van der Waals surface area (Å²) in [7, 11) is 0. The Hall–Kier alpha value is -3.31. The first-order valence-corrected chi connectivity index (χ1v) is 9.47. The van der Waals surface area contributed by atoms with E-state index in [0.29, 0.717) is 0 Å². The first-order chi connectivity index (χ1) is 13.7. The summed E-state index contributed by atoms with van der Waals surface area (Å²) in [5.74, 6) is 0.869. The van der Waals surface area contributed by atoms with Crippen LogP contribution in [-0.2, 0) is 19.6 Å². The molecule has 0 saturated heterocycles. The van der Waals surface area contributed by atoms with Gasteiger partial charge in [0.1, 0.15) is 12.1 Å².